The first-order valence-electron chi connectivity index (χ1n) is 8.36. The van der Waals surface area contributed by atoms with E-state index in [9.17, 15) is 4.79 Å². The molecule has 2 fully saturated rings. The highest BCUT2D eigenvalue weighted by molar-refractivity contribution is 5.41. The van der Waals surface area contributed by atoms with Crippen LogP contribution in [0.15, 0.2) is 17.1 Å². The minimum Gasteiger partial charge on any atom is -0.332 e. The van der Waals surface area contributed by atoms with Crippen LogP contribution < -0.4 is 10.9 Å². The van der Waals surface area contributed by atoms with Crippen molar-refractivity contribution in [1.82, 2.24) is 19.5 Å². The third kappa shape index (κ3) is 2.10. The Labute approximate surface area is 130 Å². The number of fused-ring (bicyclic) bond motifs is 3. The van der Waals surface area contributed by atoms with E-state index >= 15 is 0 Å². The SMILES string of the molecule is Cc1cc2n(C[C@H]3C[C@H]4C[C@@H]3CN4)cc(C(C)C)c(=O)n2n1. The number of nitrogens with zero attached hydrogens (tertiary/aromatic N) is 3. The van der Waals surface area contributed by atoms with Crippen LogP contribution in [0.3, 0.4) is 0 Å². The molecule has 3 atom stereocenters. The molecule has 0 spiro atoms. The van der Waals surface area contributed by atoms with Crippen molar-refractivity contribution in [2.45, 2.75) is 52.1 Å². The molecule has 1 saturated heterocycles. The fourth-order valence-corrected chi connectivity index (χ4v) is 4.22. The van der Waals surface area contributed by atoms with E-state index in [-0.39, 0.29) is 11.5 Å². The smallest absolute Gasteiger partial charge is 0.277 e. The Balaban J connectivity index is 1.79. The van der Waals surface area contributed by atoms with Gasteiger partial charge in [0.1, 0.15) is 5.65 Å². The second-order valence-corrected chi connectivity index (χ2v) is 7.35. The first kappa shape index (κ1) is 14.0. The summed E-state index contributed by atoms with van der Waals surface area (Å²) < 4.78 is 3.86. The van der Waals surface area contributed by atoms with Crippen molar-refractivity contribution in [2.24, 2.45) is 11.8 Å². The molecule has 1 aliphatic heterocycles. The normalized spacial score (nSPS) is 27.4. The molecular formula is C17H24N4O. The lowest BCUT2D eigenvalue weighted by molar-refractivity contribution is 0.311. The fourth-order valence-electron chi connectivity index (χ4n) is 4.22. The summed E-state index contributed by atoms with van der Waals surface area (Å²) in [5, 5.41) is 7.98. The molecule has 5 heteroatoms. The number of aryl methyl sites for hydroxylation is 1. The monoisotopic (exact) mass is 300 g/mol. The third-order valence-electron chi connectivity index (χ3n) is 5.40. The largest absolute Gasteiger partial charge is 0.332 e. The van der Waals surface area contributed by atoms with E-state index in [4.69, 9.17) is 0 Å². The molecule has 0 unspecified atom stereocenters. The standard InChI is InChI=1S/C17H24N4O/c1-10(2)15-9-20(8-13-6-14-5-12(13)7-18-14)16-4-11(3)19-21(16)17(15)22/h4,9-10,12-14,18H,5-8H2,1-3H3/t12-,13-,14-/m1/s1. The second kappa shape index (κ2) is 4.95. The van der Waals surface area contributed by atoms with Gasteiger partial charge in [0.05, 0.1) is 5.69 Å². The van der Waals surface area contributed by atoms with Crippen LogP contribution in [0.2, 0.25) is 0 Å². The molecule has 118 valence electrons. The molecule has 0 radical (unpaired) electrons. The average molecular weight is 300 g/mol. The predicted molar refractivity (Wildman–Crippen MR) is 86.3 cm³/mol. The first-order valence-corrected chi connectivity index (χ1v) is 8.36. The minimum absolute atomic E-state index is 0.0314. The Kier molecular flexibility index (Phi) is 3.15. The number of hydrogen-bond donors (Lipinski definition) is 1. The van der Waals surface area contributed by atoms with Crippen molar-refractivity contribution in [2.75, 3.05) is 6.54 Å². The van der Waals surface area contributed by atoms with Gasteiger partial charge in [0.2, 0.25) is 0 Å². The van der Waals surface area contributed by atoms with Crippen LogP contribution in [0, 0.1) is 18.8 Å². The van der Waals surface area contributed by atoms with Gasteiger partial charge in [-0.15, -0.1) is 0 Å². The highest BCUT2D eigenvalue weighted by atomic mass is 16.1. The highest BCUT2D eigenvalue weighted by Crippen LogP contribution is 2.37. The molecule has 1 aliphatic carbocycles. The first-order chi connectivity index (χ1) is 10.5. The van der Waals surface area contributed by atoms with Crippen LogP contribution in [-0.4, -0.2) is 26.8 Å². The lowest BCUT2D eigenvalue weighted by atomic mass is 9.95. The van der Waals surface area contributed by atoms with Crippen molar-refractivity contribution in [1.29, 1.82) is 0 Å². The van der Waals surface area contributed by atoms with Gasteiger partial charge in [-0.1, -0.05) is 13.8 Å². The molecule has 2 aromatic rings. The molecule has 0 aromatic carbocycles. The summed E-state index contributed by atoms with van der Waals surface area (Å²) in [5.41, 5.74) is 2.73. The van der Waals surface area contributed by atoms with E-state index in [1.54, 1.807) is 4.52 Å². The molecule has 0 amide bonds. The zero-order valence-corrected chi connectivity index (χ0v) is 13.5. The van der Waals surface area contributed by atoms with Crippen molar-refractivity contribution >= 4 is 5.65 Å². The van der Waals surface area contributed by atoms with Crippen molar-refractivity contribution in [3.05, 3.63) is 33.9 Å². The Morgan fingerprint density at radius 3 is 2.86 bits per heavy atom. The Morgan fingerprint density at radius 1 is 1.41 bits per heavy atom. The van der Waals surface area contributed by atoms with E-state index < -0.39 is 0 Å². The maximum Gasteiger partial charge on any atom is 0.277 e. The summed E-state index contributed by atoms with van der Waals surface area (Å²) in [4.78, 5) is 12.6. The summed E-state index contributed by atoms with van der Waals surface area (Å²) in [6, 6.07) is 2.73. The molecule has 1 saturated carbocycles. The Morgan fingerprint density at radius 2 is 2.23 bits per heavy atom. The summed E-state index contributed by atoms with van der Waals surface area (Å²) in [7, 11) is 0. The summed E-state index contributed by atoms with van der Waals surface area (Å²) in [6.45, 7) is 8.25. The zero-order valence-electron chi connectivity index (χ0n) is 13.5. The lowest BCUT2D eigenvalue weighted by Gasteiger charge is -2.24. The van der Waals surface area contributed by atoms with Crippen LogP contribution in [0.1, 0.15) is 43.9 Å². The van der Waals surface area contributed by atoms with Gasteiger partial charge in [-0.2, -0.15) is 9.61 Å². The van der Waals surface area contributed by atoms with Gasteiger partial charge in [-0.3, -0.25) is 4.79 Å². The minimum atomic E-state index is 0.0314. The van der Waals surface area contributed by atoms with Gasteiger partial charge in [-0.05, 0) is 44.1 Å². The predicted octanol–water partition coefficient (Wildman–Crippen LogP) is 1.93. The van der Waals surface area contributed by atoms with Crippen LogP contribution in [0.4, 0.5) is 0 Å². The van der Waals surface area contributed by atoms with E-state index in [1.165, 1.54) is 12.8 Å². The van der Waals surface area contributed by atoms with Gasteiger partial charge >= 0.3 is 0 Å². The Hall–Kier alpha value is -1.62. The molecule has 2 aromatic heterocycles. The molecule has 3 heterocycles. The molecule has 5 nitrogen and oxygen atoms in total. The molecule has 1 N–H and O–H groups in total. The van der Waals surface area contributed by atoms with Crippen molar-refractivity contribution < 1.29 is 0 Å². The van der Waals surface area contributed by atoms with E-state index in [2.05, 4.69) is 35.0 Å². The Bertz CT molecular complexity index is 773. The summed E-state index contributed by atoms with van der Waals surface area (Å²) in [6.07, 6.45) is 4.65. The van der Waals surface area contributed by atoms with Crippen LogP contribution in [-0.2, 0) is 6.54 Å². The van der Waals surface area contributed by atoms with Crippen molar-refractivity contribution in [3.63, 3.8) is 0 Å². The number of nitrogens with one attached hydrogen (secondary N) is 1. The van der Waals surface area contributed by atoms with E-state index in [0.29, 0.717) is 12.0 Å². The van der Waals surface area contributed by atoms with Gasteiger partial charge in [0.15, 0.2) is 0 Å². The second-order valence-electron chi connectivity index (χ2n) is 7.35. The molecule has 4 rings (SSSR count). The number of hydrogen-bond acceptors (Lipinski definition) is 3. The van der Waals surface area contributed by atoms with Gasteiger partial charge in [0, 0.05) is 30.4 Å². The fraction of sp³-hybridized carbons (Fsp3) is 0.647. The number of aromatic nitrogens is 3. The van der Waals surface area contributed by atoms with Crippen LogP contribution in [0.5, 0.6) is 0 Å². The van der Waals surface area contributed by atoms with E-state index in [0.717, 1.165) is 35.9 Å². The third-order valence-corrected chi connectivity index (χ3v) is 5.40. The number of rotatable bonds is 3. The van der Waals surface area contributed by atoms with Gasteiger partial charge in [-0.25, -0.2) is 0 Å². The number of piperidine rings is 1. The van der Waals surface area contributed by atoms with Gasteiger partial charge < -0.3 is 9.88 Å². The highest BCUT2D eigenvalue weighted by Gasteiger charge is 2.39. The van der Waals surface area contributed by atoms with Crippen LogP contribution >= 0.6 is 0 Å². The van der Waals surface area contributed by atoms with Crippen LogP contribution in [0.25, 0.3) is 5.65 Å². The summed E-state index contributed by atoms with van der Waals surface area (Å²) >= 11 is 0. The molecule has 22 heavy (non-hydrogen) atoms. The zero-order chi connectivity index (χ0) is 15.4. The van der Waals surface area contributed by atoms with E-state index in [1.807, 2.05) is 13.0 Å². The van der Waals surface area contributed by atoms with Gasteiger partial charge in [0.25, 0.3) is 5.56 Å². The molecule has 2 bridgehead atoms. The topological polar surface area (TPSA) is 51.3 Å². The summed E-state index contributed by atoms with van der Waals surface area (Å²) in [5.74, 6) is 1.72. The van der Waals surface area contributed by atoms with Crippen molar-refractivity contribution in [3.8, 4) is 0 Å². The lowest BCUT2D eigenvalue weighted by Crippen LogP contribution is -2.32. The molecule has 2 aliphatic rings. The molecular weight excluding hydrogens is 276 g/mol. The average Bonchev–Trinajstić information content (AvgIpc) is 3.16. The quantitative estimate of drug-likeness (QED) is 0.942. The maximum absolute atomic E-state index is 12.6. The maximum atomic E-state index is 12.6.